The van der Waals surface area contributed by atoms with Crippen LogP contribution in [0.25, 0.3) is 16.7 Å². The topological polar surface area (TPSA) is 86.9 Å². The fraction of sp³-hybridized carbons (Fsp3) is 0.115. The van der Waals surface area contributed by atoms with Crippen molar-refractivity contribution < 1.29 is 14.3 Å². The quantitative estimate of drug-likeness (QED) is 0.420. The van der Waals surface area contributed by atoms with Gasteiger partial charge in [-0.15, -0.1) is 0 Å². The van der Waals surface area contributed by atoms with E-state index in [-0.39, 0.29) is 11.5 Å². The maximum atomic E-state index is 13.1. The molecule has 0 spiro atoms. The van der Waals surface area contributed by atoms with Gasteiger partial charge in [-0.2, -0.15) is 0 Å². The Kier molecular flexibility index (Phi) is 5.47. The van der Waals surface area contributed by atoms with Gasteiger partial charge in [-0.1, -0.05) is 12.1 Å². The molecule has 1 amide bonds. The Morgan fingerprint density at radius 3 is 2.47 bits per heavy atom. The molecule has 0 fully saturated rings. The maximum Gasteiger partial charge on any atom is 0.276 e. The molecule has 34 heavy (non-hydrogen) atoms. The summed E-state index contributed by atoms with van der Waals surface area (Å²) < 4.78 is 14.0. The van der Waals surface area contributed by atoms with Crippen LogP contribution in [0.2, 0.25) is 0 Å². The number of nitrogens with zero attached hydrogens (tertiary/aromatic N) is 3. The van der Waals surface area contributed by atoms with E-state index in [4.69, 9.17) is 9.47 Å². The number of carbonyl (C=O) groups excluding carboxylic acids is 1. The van der Waals surface area contributed by atoms with Crippen LogP contribution < -0.4 is 20.3 Å². The Labute approximate surface area is 195 Å². The number of aromatic nitrogens is 3. The van der Waals surface area contributed by atoms with Gasteiger partial charge >= 0.3 is 0 Å². The van der Waals surface area contributed by atoms with Crippen LogP contribution >= 0.6 is 0 Å². The van der Waals surface area contributed by atoms with Crippen LogP contribution in [0, 0.1) is 0 Å². The van der Waals surface area contributed by atoms with Crippen molar-refractivity contribution in [2.24, 2.45) is 0 Å². The summed E-state index contributed by atoms with van der Waals surface area (Å²) in [5.41, 5.74) is 3.90. The van der Waals surface area contributed by atoms with Crippen molar-refractivity contribution in [3.8, 4) is 11.5 Å². The Hall–Kier alpha value is -4.59. The molecule has 8 nitrogen and oxygen atoms in total. The molecule has 2 aromatic carbocycles. The maximum absolute atomic E-state index is 13.1. The zero-order valence-corrected chi connectivity index (χ0v) is 18.7. The minimum absolute atomic E-state index is 0.119. The lowest BCUT2D eigenvalue weighted by Crippen LogP contribution is -2.24. The number of benzene rings is 2. The van der Waals surface area contributed by atoms with Crippen molar-refractivity contribution in [2.45, 2.75) is 6.54 Å². The van der Waals surface area contributed by atoms with E-state index in [1.807, 2.05) is 40.9 Å². The summed E-state index contributed by atoms with van der Waals surface area (Å²) in [6.07, 6.45) is 3.53. The number of nitrogens with one attached hydrogen (secondary N) is 1. The molecule has 3 aromatic heterocycles. The molecule has 0 saturated heterocycles. The number of amides is 1. The van der Waals surface area contributed by atoms with Crippen molar-refractivity contribution in [3.63, 3.8) is 0 Å². The van der Waals surface area contributed by atoms with Gasteiger partial charge in [0.1, 0.15) is 5.52 Å². The molecule has 5 aromatic rings. The third-order valence-corrected chi connectivity index (χ3v) is 5.69. The van der Waals surface area contributed by atoms with E-state index < -0.39 is 0 Å². The van der Waals surface area contributed by atoms with Crippen molar-refractivity contribution in [1.29, 1.82) is 0 Å². The van der Waals surface area contributed by atoms with Crippen LogP contribution in [0.1, 0.15) is 15.9 Å². The predicted octanol–water partition coefficient (Wildman–Crippen LogP) is 3.97. The zero-order valence-electron chi connectivity index (χ0n) is 18.7. The minimum atomic E-state index is -0.252. The van der Waals surface area contributed by atoms with E-state index in [1.165, 1.54) is 0 Å². The van der Waals surface area contributed by atoms with E-state index in [0.29, 0.717) is 40.5 Å². The molecule has 0 atom stereocenters. The van der Waals surface area contributed by atoms with Gasteiger partial charge in [-0.3, -0.25) is 14.2 Å². The molecule has 8 heteroatoms. The van der Waals surface area contributed by atoms with E-state index in [1.54, 1.807) is 61.4 Å². The first-order valence-corrected chi connectivity index (χ1v) is 10.7. The van der Waals surface area contributed by atoms with Gasteiger partial charge in [0.05, 0.1) is 26.3 Å². The fourth-order valence-electron chi connectivity index (χ4n) is 3.99. The molecule has 0 aliphatic rings. The number of fused-ring (bicyclic) bond motifs is 3. The number of hydrogen-bond donors (Lipinski definition) is 1. The van der Waals surface area contributed by atoms with E-state index >= 15 is 0 Å². The molecule has 0 saturated carbocycles. The third kappa shape index (κ3) is 3.75. The Morgan fingerprint density at radius 1 is 0.941 bits per heavy atom. The van der Waals surface area contributed by atoms with Crippen LogP contribution in [0.15, 0.2) is 83.9 Å². The second-order valence-electron chi connectivity index (χ2n) is 7.72. The number of hydrogen-bond acceptors (Lipinski definition) is 5. The van der Waals surface area contributed by atoms with Crippen molar-refractivity contribution >= 4 is 28.3 Å². The van der Waals surface area contributed by atoms with Crippen molar-refractivity contribution in [2.75, 3.05) is 19.5 Å². The summed E-state index contributed by atoms with van der Waals surface area (Å²) in [7, 11) is 3.10. The van der Waals surface area contributed by atoms with Crippen LogP contribution in [-0.4, -0.2) is 34.1 Å². The van der Waals surface area contributed by atoms with Gasteiger partial charge in [-0.25, -0.2) is 4.98 Å². The first kappa shape index (κ1) is 21.3. The van der Waals surface area contributed by atoms with Crippen LogP contribution in [-0.2, 0) is 6.54 Å². The molecule has 1 N–H and O–H groups in total. The first-order chi connectivity index (χ1) is 16.6. The lowest BCUT2D eigenvalue weighted by atomic mass is 10.1. The highest BCUT2D eigenvalue weighted by atomic mass is 16.5. The van der Waals surface area contributed by atoms with Crippen molar-refractivity contribution in [1.82, 2.24) is 14.0 Å². The summed E-state index contributed by atoms with van der Waals surface area (Å²) in [5.74, 6) is 0.861. The first-order valence-electron chi connectivity index (χ1n) is 10.7. The average molecular weight is 454 g/mol. The molecule has 0 aliphatic heterocycles. The lowest BCUT2D eigenvalue weighted by Gasteiger charge is -2.12. The Balaban J connectivity index is 1.40. The third-order valence-electron chi connectivity index (χ3n) is 5.69. The standard InChI is InChI=1S/C26H22N4O4/c1-33-22-12-11-19(15-23(22)34-2)28-25(31)18-9-7-17(8-10-18)16-30-24-20(5-3-13-27-24)29-14-4-6-21(29)26(30)32/h3-15H,16H2,1-2H3,(H,28,31). The molecule has 170 valence electrons. The normalized spacial score (nSPS) is 11.0. The van der Waals surface area contributed by atoms with Crippen LogP contribution in [0.4, 0.5) is 5.69 Å². The smallest absolute Gasteiger partial charge is 0.276 e. The van der Waals surface area contributed by atoms with Gasteiger partial charge in [-0.05, 0) is 54.1 Å². The molecule has 0 unspecified atom stereocenters. The van der Waals surface area contributed by atoms with Gasteiger partial charge in [0, 0.05) is 29.7 Å². The van der Waals surface area contributed by atoms with E-state index in [2.05, 4.69) is 10.3 Å². The average Bonchev–Trinajstić information content (AvgIpc) is 3.37. The Morgan fingerprint density at radius 2 is 1.71 bits per heavy atom. The monoisotopic (exact) mass is 454 g/mol. The fourth-order valence-corrected chi connectivity index (χ4v) is 3.99. The van der Waals surface area contributed by atoms with E-state index in [9.17, 15) is 9.59 Å². The summed E-state index contributed by atoms with van der Waals surface area (Å²) >= 11 is 0. The second kappa shape index (κ2) is 8.74. The highest BCUT2D eigenvalue weighted by molar-refractivity contribution is 6.04. The van der Waals surface area contributed by atoms with Crippen LogP contribution in [0.3, 0.4) is 0 Å². The number of anilines is 1. The summed E-state index contributed by atoms with van der Waals surface area (Å²) in [4.78, 5) is 30.3. The highest BCUT2D eigenvalue weighted by Crippen LogP contribution is 2.30. The van der Waals surface area contributed by atoms with Crippen molar-refractivity contribution in [3.05, 3.63) is 101 Å². The SMILES string of the molecule is COc1ccc(NC(=O)c2ccc(Cn3c(=O)c4cccn4c4cccnc43)cc2)cc1OC. The summed E-state index contributed by atoms with van der Waals surface area (Å²) in [6, 6.07) is 19.8. The van der Waals surface area contributed by atoms with Gasteiger partial charge in [0.15, 0.2) is 17.1 Å². The number of carbonyl (C=O) groups is 1. The lowest BCUT2D eigenvalue weighted by molar-refractivity contribution is 0.102. The largest absolute Gasteiger partial charge is 0.493 e. The second-order valence-corrected chi connectivity index (χ2v) is 7.72. The van der Waals surface area contributed by atoms with E-state index in [0.717, 1.165) is 11.1 Å². The Bertz CT molecular complexity index is 1570. The number of ether oxygens (including phenoxy) is 2. The van der Waals surface area contributed by atoms with Gasteiger partial charge in [0.2, 0.25) is 0 Å². The summed E-state index contributed by atoms with van der Waals surface area (Å²) in [6.45, 7) is 0.339. The van der Waals surface area contributed by atoms with Gasteiger partial charge in [0.25, 0.3) is 11.5 Å². The molecule has 0 bridgehead atoms. The highest BCUT2D eigenvalue weighted by Gasteiger charge is 2.13. The number of methoxy groups -OCH3 is 2. The molecule has 3 heterocycles. The molecule has 0 aliphatic carbocycles. The molecule has 0 radical (unpaired) electrons. The number of pyridine rings is 1. The van der Waals surface area contributed by atoms with Gasteiger partial charge < -0.3 is 19.2 Å². The predicted molar refractivity (Wildman–Crippen MR) is 130 cm³/mol. The molecular formula is C26H22N4O4. The zero-order chi connectivity index (χ0) is 23.7. The summed E-state index contributed by atoms with van der Waals surface area (Å²) in [5, 5.41) is 2.86. The molecule has 5 rings (SSSR count). The van der Waals surface area contributed by atoms with Crippen LogP contribution in [0.5, 0.6) is 11.5 Å². The minimum Gasteiger partial charge on any atom is -0.493 e. The number of rotatable bonds is 6. The molecular weight excluding hydrogens is 432 g/mol.